The summed E-state index contributed by atoms with van der Waals surface area (Å²) in [5, 5.41) is 18.9. The highest BCUT2D eigenvalue weighted by Crippen LogP contribution is 2.36. The monoisotopic (exact) mass is 201 g/mol. The average molecular weight is 201 g/mol. The molecule has 0 spiro atoms. The Morgan fingerprint density at radius 1 is 1.64 bits per heavy atom. The van der Waals surface area contributed by atoms with E-state index in [9.17, 15) is 0 Å². The summed E-state index contributed by atoms with van der Waals surface area (Å²) in [5.74, 6) is 5.44. The molecule has 1 aliphatic rings. The molecule has 1 saturated carbocycles. The van der Waals surface area contributed by atoms with Gasteiger partial charge in [-0.3, -0.25) is 5.84 Å². The molecule has 8 nitrogen and oxygen atoms in total. The maximum Gasteiger partial charge on any atom is 0.289 e. The van der Waals surface area contributed by atoms with Gasteiger partial charge >= 0.3 is 0 Å². The maximum absolute atomic E-state index is 8.25. The van der Waals surface area contributed by atoms with Crippen LogP contribution in [0.25, 0.3) is 0 Å². The van der Waals surface area contributed by atoms with Gasteiger partial charge in [0, 0.05) is 0 Å². The Labute approximate surface area is 79.6 Å². The lowest BCUT2D eigenvalue weighted by Crippen LogP contribution is -2.46. The van der Waals surface area contributed by atoms with Crippen LogP contribution in [0.2, 0.25) is 0 Å². The minimum atomic E-state index is -1.75. The topological polar surface area (TPSA) is 114 Å². The van der Waals surface area contributed by atoms with E-state index in [-0.39, 0.29) is 5.54 Å². The third-order valence-corrected chi connectivity index (χ3v) is 2.08. The molecule has 1 heterocycles. The third kappa shape index (κ3) is 2.57. The minimum absolute atomic E-state index is 0.268. The highest BCUT2D eigenvalue weighted by atomic mass is 16.9. The number of aromatic nitrogens is 3. The summed E-state index contributed by atoms with van der Waals surface area (Å²) in [6, 6.07) is 0. The summed E-state index contributed by atoms with van der Waals surface area (Å²) in [6.45, 7) is 2.18. The highest BCUT2D eigenvalue weighted by Gasteiger charge is 2.45. The normalized spacial score (nSPS) is 16.6. The Kier molecular flexibility index (Phi) is 2.54. The van der Waals surface area contributed by atoms with Gasteiger partial charge in [-0.25, -0.2) is 0 Å². The molecule has 78 valence electrons. The Bertz CT molecular complexity index is 328. The van der Waals surface area contributed by atoms with Crippen molar-refractivity contribution in [2.24, 2.45) is 0 Å². The van der Waals surface area contributed by atoms with Crippen LogP contribution in [-0.4, -0.2) is 14.9 Å². The Balaban J connectivity index is 0.000000213. The first kappa shape index (κ1) is 10.2. The van der Waals surface area contributed by atoms with Crippen molar-refractivity contribution in [3.05, 3.63) is 28.0 Å². The number of nitrogen functional groups attached to an aromatic ring is 1. The summed E-state index contributed by atoms with van der Waals surface area (Å²) >= 11 is 0. The van der Waals surface area contributed by atoms with Crippen molar-refractivity contribution >= 4 is 0 Å². The average Bonchev–Trinajstić information content (AvgIpc) is 2.61. The van der Waals surface area contributed by atoms with Crippen LogP contribution in [0.3, 0.4) is 0 Å². The SMILES string of the molecule is CC1([n+]2cn(N)cn2)CC1.O=[N+]([O-])[O-]. The number of rotatable bonds is 1. The zero-order valence-corrected chi connectivity index (χ0v) is 7.66. The highest BCUT2D eigenvalue weighted by molar-refractivity contribution is 4.81. The lowest BCUT2D eigenvalue weighted by molar-refractivity contribution is -0.787. The molecule has 14 heavy (non-hydrogen) atoms. The molecular formula is C6H11N5O3. The molecule has 1 aliphatic carbocycles. The molecule has 2 rings (SSSR count). The molecule has 0 saturated heterocycles. The van der Waals surface area contributed by atoms with Crippen molar-refractivity contribution in [3.63, 3.8) is 0 Å². The summed E-state index contributed by atoms with van der Waals surface area (Å²) in [6.07, 6.45) is 5.86. The molecule has 0 aliphatic heterocycles. The van der Waals surface area contributed by atoms with Crippen molar-refractivity contribution in [2.45, 2.75) is 25.3 Å². The number of hydrogen-bond acceptors (Lipinski definition) is 5. The molecule has 0 aromatic carbocycles. The first-order valence-corrected chi connectivity index (χ1v) is 3.97. The van der Waals surface area contributed by atoms with E-state index in [0.29, 0.717) is 0 Å². The van der Waals surface area contributed by atoms with Crippen LogP contribution in [0.5, 0.6) is 0 Å². The van der Waals surface area contributed by atoms with Gasteiger partial charge in [0.2, 0.25) is 6.33 Å². The van der Waals surface area contributed by atoms with Gasteiger partial charge in [0.1, 0.15) is 5.54 Å². The Morgan fingerprint density at radius 2 is 2.14 bits per heavy atom. The van der Waals surface area contributed by atoms with E-state index in [2.05, 4.69) is 12.0 Å². The molecule has 1 aromatic heterocycles. The van der Waals surface area contributed by atoms with Gasteiger partial charge in [0.15, 0.2) is 0 Å². The van der Waals surface area contributed by atoms with E-state index in [1.165, 1.54) is 17.5 Å². The van der Waals surface area contributed by atoms with E-state index in [1.54, 1.807) is 6.33 Å². The van der Waals surface area contributed by atoms with E-state index < -0.39 is 5.09 Å². The van der Waals surface area contributed by atoms with Gasteiger partial charge in [-0.05, 0) is 24.9 Å². The van der Waals surface area contributed by atoms with Crippen LogP contribution in [0.4, 0.5) is 0 Å². The molecule has 0 unspecified atom stereocenters. The second-order valence-electron chi connectivity index (χ2n) is 3.36. The first-order valence-electron chi connectivity index (χ1n) is 3.97. The standard InChI is InChI=1S/C6H11N4.NO3/c1-6(2-3-6)10-5-9(7)4-8-10;2-1(3)4/h4-5H,2-3,7H2,1H3;/q+1;-1. The number of nitrogens with two attached hydrogens (primary N) is 1. The second-order valence-corrected chi connectivity index (χ2v) is 3.36. The van der Waals surface area contributed by atoms with Crippen molar-refractivity contribution in [1.29, 1.82) is 0 Å². The second kappa shape index (κ2) is 3.48. The quantitative estimate of drug-likeness (QED) is 0.275. The molecule has 0 amide bonds. The van der Waals surface area contributed by atoms with Crippen molar-refractivity contribution in [3.8, 4) is 0 Å². The van der Waals surface area contributed by atoms with E-state index in [4.69, 9.17) is 21.2 Å². The van der Waals surface area contributed by atoms with Crippen molar-refractivity contribution in [1.82, 2.24) is 9.77 Å². The molecule has 1 fully saturated rings. The molecule has 0 radical (unpaired) electrons. The fraction of sp³-hybridized carbons (Fsp3) is 0.667. The zero-order valence-electron chi connectivity index (χ0n) is 7.66. The molecular weight excluding hydrogens is 190 g/mol. The molecule has 0 bridgehead atoms. The Hall–Kier alpha value is -1.86. The van der Waals surface area contributed by atoms with Gasteiger partial charge in [-0.2, -0.15) is 0 Å². The third-order valence-electron chi connectivity index (χ3n) is 2.08. The van der Waals surface area contributed by atoms with Crippen LogP contribution in [0.15, 0.2) is 12.7 Å². The fourth-order valence-electron chi connectivity index (χ4n) is 0.990. The van der Waals surface area contributed by atoms with Crippen molar-refractivity contribution < 1.29 is 9.77 Å². The maximum atomic E-state index is 8.25. The summed E-state index contributed by atoms with van der Waals surface area (Å²) < 4.78 is 3.40. The molecule has 0 atom stereocenters. The molecule has 8 heteroatoms. The largest absolute Gasteiger partial charge is 0.356 e. The zero-order chi connectivity index (χ0) is 10.8. The Morgan fingerprint density at radius 3 is 2.43 bits per heavy atom. The van der Waals surface area contributed by atoms with Crippen LogP contribution in [0, 0.1) is 15.3 Å². The minimum Gasteiger partial charge on any atom is -0.356 e. The number of nitrogens with zero attached hydrogens (tertiary/aromatic N) is 4. The van der Waals surface area contributed by atoms with E-state index in [0.717, 1.165) is 0 Å². The number of hydrogen-bond donors (Lipinski definition) is 1. The van der Waals surface area contributed by atoms with Gasteiger partial charge in [0.25, 0.3) is 6.33 Å². The van der Waals surface area contributed by atoms with Gasteiger partial charge < -0.3 is 15.3 Å². The smallest absolute Gasteiger partial charge is 0.289 e. The van der Waals surface area contributed by atoms with Crippen molar-refractivity contribution in [2.75, 3.05) is 5.84 Å². The van der Waals surface area contributed by atoms with Crippen LogP contribution < -0.4 is 10.5 Å². The van der Waals surface area contributed by atoms with Gasteiger partial charge in [-0.15, -0.1) is 9.36 Å². The fourth-order valence-corrected chi connectivity index (χ4v) is 0.990. The van der Waals surface area contributed by atoms with Crippen LogP contribution in [-0.2, 0) is 5.54 Å². The lowest BCUT2D eigenvalue weighted by Gasteiger charge is -1.97. The summed E-state index contributed by atoms with van der Waals surface area (Å²) in [5.41, 5.74) is 0.268. The van der Waals surface area contributed by atoms with E-state index in [1.807, 2.05) is 11.0 Å². The van der Waals surface area contributed by atoms with Gasteiger partial charge in [-0.1, -0.05) is 0 Å². The lowest BCUT2D eigenvalue weighted by atomic mass is 10.3. The van der Waals surface area contributed by atoms with Crippen LogP contribution in [0.1, 0.15) is 19.8 Å². The first-order chi connectivity index (χ1) is 6.44. The molecule has 2 N–H and O–H groups in total. The summed E-state index contributed by atoms with van der Waals surface area (Å²) in [7, 11) is 0. The van der Waals surface area contributed by atoms with Gasteiger partial charge in [0.05, 0.1) is 5.09 Å². The predicted octanol–water partition coefficient (Wildman–Crippen LogP) is -0.846. The molecule has 1 aromatic rings. The van der Waals surface area contributed by atoms with E-state index >= 15 is 0 Å². The predicted molar refractivity (Wildman–Crippen MR) is 45.8 cm³/mol. The van der Waals surface area contributed by atoms with Crippen LogP contribution >= 0.6 is 0 Å². The summed E-state index contributed by atoms with van der Waals surface area (Å²) in [4.78, 5) is 8.25.